The van der Waals surface area contributed by atoms with Crippen LogP contribution in [0.1, 0.15) is 46.0 Å². The Kier molecular flexibility index (Phi) is 5.46. The lowest BCUT2D eigenvalue weighted by molar-refractivity contribution is 0.0685. The summed E-state index contributed by atoms with van der Waals surface area (Å²) in [6.07, 6.45) is 7.05. The molecular formula is C15H31N3. The Morgan fingerprint density at radius 2 is 1.56 bits per heavy atom. The zero-order valence-corrected chi connectivity index (χ0v) is 12.5. The third-order valence-electron chi connectivity index (χ3n) is 5.16. The maximum Gasteiger partial charge on any atom is 0.0218 e. The summed E-state index contributed by atoms with van der Waals surface area (Å²) in [7, 11) is 2.07. The SMILES string of the molecule is CNC(C)C(C)N1CCC(N2CCCCC2)CC1. The molecule has 18 heavy (non-hydrogen) atoms. The smallest absolute Gasteiger partial charge is 0.0218 e. The Hall–Kier alpha value is -0.120. The van der Waals surface area contributed by atoms with Crippen LogP contribution in [0.5, 0.6) is 0 Å². The highest BCUT2D eigenvalue weighted by molar-refractivity contribution is 4.85. The molecule has 0 bridgehead atoms. The number of likely N-dealkylation sites (N-methyl/N-ethyl adjacent to an activating group) is 1. The van der Waals surface area contributed by atoms with Crippen LogP contribution in [0.15, 0.2) is 0 Å². The topological polar surface area (TPSA) is 18.5 Å². The summed E-state index contributed by atoms with van der Waals surface area (Å²) in [6, 6.07) is 2.13. The fourth-order valence-electron chi connectivity index (χ4n) is 3.50. The van der Waals surface area contributed by atoms with Crippen molar-refractivity contribution >= 4 is 0 Å². The second kappa shape index (κ2) is 6.88. The molecule has 0 aromatic rings. The van der Waals surface area contributed by atoms with Crippen molar-refractivity contribution in [2.45, 2.75) is 64.1 Å². The molecule has 2 atom stereocenters. The molecular weight excluding hydrogens is 222 g/mol. The lowest BCUT2D eigenvalue weighted by Crippen LogP contribution is -2.52. The van der Waals surface area contributed by atoms with Gasteiger partial charge >= 0.3 is 0 Å². The van der Waals surface area contributed by atoms with Gasteiger partial charge in [0.05, 0.1) is 0 Å². The highest BCUT2D eigenvalue weighted by Gasteiger charge is 2.28. The van der Waals surface area contributed by atoms with Gasteiger partial charge in [-0.15, -0.1) is 0 Å². The van der Waals surface area contributed by atoms with Crippen LogP contribution >= 0.6 is 0 Å². The molecule has 1 N–H and O–H groups in total. The molecule has 106 valence electrons. The van der Waals surface area contributed by atoms with E-state index in [0.717, 1.165) is 6.04 Å². The number of nitrogens with one attached hydrogen (secondary N) is 1. The van der Waals surface area contributed by atoms with Gasteiger partial charge in [-0.05, 0) is 72.8 Å². The standard InChI is InChI=1S/C15H31N3/c1-13(16-3)14(2)17-11-7-15(8-12-17)18-9-5-4-6-10-18/h13-16H,4-12H2,1-3H3. The molecule has 2 rings (SSSR count). The van der Waals surface area contributed by atoms with Crippen molar-refractivity contribution in [1.29, 1.82) is 0 Å². The summed E-state index contributed by atoms with van der Waals surface area (Å²) in [5.41, 5.74) is 0. The van der Waals surface area contributed by atoms with Crippen molar-refractivity contribution in [3.05, 3.63) is 0 Å². The van der Waals surface area contributed by atoms with Crippen LogP contribution in [0.4, 0.5) is 0 Å². The molecule has 0 aromatic heterocycles. The third kappa shape index (κ3) is 3.46. The van der Waals surface area contributed by atoms with Gasteiger partial charge in [-0.1, -0.05) is 6.42 Å². The second-order valence-corrected chi connectivity index (χ2v) is 6.18. The maximum atomic E-state index is 3.38. The minimum absolute atomic E-state index is 0.594. The van der Waals surface area contributed by atoms with Crippen molar-refractivity contribution in [1.82, 2.24) is 15.1 Å². The molecule has 0 radical (unpaired) electrons. The molecule has 2 saturated heterocycles. The summed E-state index contributed by atoms with van der Waals surface area (Å²) < 4.78 is 0. The lowest BCUT2D eigenvalue weighted by atomic mass is 9.98. The lowest BCUT2D eigenvalue weighted by Gasteiger charge is -2.43. The summed E-state index contributed by atoms with van der Waals surface area (Å²) in [6.45, 7) is 9.94. The van der Waals surface area contributed by atoms with Crippen LogP contribution in [0, 0.1) is 0 Å². The summed E-state index contributed by atoms with van der Waals surface area (Å²) >= 11 is 0. The molecule has 0 spiro atoms. The first-order valence-corrected chi connectivity index (χ1v) is 7.87. The minimum atomic E-state index is 0.594. The molecule has 2 aliphatic heterocycles. The van der Waals surface area contributed by atoms with Crippen molar-refractivity contribution in [3.8, 4) is 0 Å². The quantitative estimate of drug-likeness (QED) is 0.826. The van der Waals surface area contributed by atoms with Crippen LogP contribution in [-0.4, -0.2) is 61.2 Å². The predicted octanol–water partition coefficient (Wildman–Crippen LogP) is 1.93. The van der Waals surface area contributed by atoms with Gasteiger partial charge in [0.1, 0.15) is 0 Å². The van der Waals surface area contributed by atoms with Gasteiger partial charge in [0.2, 0.25) is 0 Å². The third-order valence-corrected chi connectivity index (χ3v) is 5.16. The Balaban J connectivity index is 1.76. The average Bonchev–Trinajstić information content (AvgIpc) is 2.47. The molecule has 0 aromatic carbocycles. The van der Waals surface area contributed by atoms with E-state index in [2.05, 4.69) is 36.0 Å². The molecule has 2 aliphatic rings. The number of nitrogens with zero attached hydrogens (tertiary/aromatic N) is 2. The van der Waals surface area contributed by atoms with Gasteiger partial charge in [0.25, 0.3) is 0 Å². The highest BCUT2D eigenvalue weighted by Crippen LogP contribution is 2.22. The van der Waals surface area contributed by atoms with Crippen LogP contribution in [0.2, 0.25) is 0 Å². The molecule has 3 heteroatoms. The van der Waals surface area contributed by atoms with E-state index in [0.29, 0.717) is 12.1 Å². The molecule has 2 unspecified atom stereocenters. The largest absolute Gasteiger partial charge is 0.316 e. The minimum Gasteiger partial charge on any atom is -0.316 e. The van der Waals surface area contributed by atoms with E-state index in [1.54, 1.807) is 0 Å². The predicted molar refractivity (Wildman–Crippen MR) is 78.0 cm³/mol. The monoisotopic (exact) mass is 253 g/mol. The molecule has 0 amide bonds. The first-order chi connectivity index (χ1) is 8.72. The highest BCUT2D eigenvalue weighted by atomic mass is 15.2. The van der Waals surface area contributed by atoms with E-state index in [-0.39, 0.29) is 0 Å². The zero-order valence-electron chi connectivity index (χ0n) is 12.5. The first kappa shape index (κ1) is 14.3. The zero-order chi connectivity index (χ0) is 13.0. The van der Waals surface area contributed by atoms with Crippen LogP contribution in [0.3, 0.4) is 0 Å². The Labute approximate surface area is 113 Å². The van der Waals surface area contributed by atoms with Gasteiger partial charge < -0.3 is 10.2 Å². The molecule has 0 saturated carbocycles. The Morgan fingerprint density at radius 3 is 2.11 bits per heavy atom. The Morgan fingerprint density at radius 1 is 0.944 bits per heavy atom. The number of likely N-dealkylation sites (tertiary alicyclic amines) is 2. The van der Waals surface area contributed by atoms with Crippen molar-refractivity contribution in [3.63, 3.8) is 0 Å². The number of hydrogen-bond acceptors (Lipinski definition) is 3. The summed E-state index contributed by atoms with van der Waals surface area (Å²) in [4.78, 5) is 5.43. The van der Waals surface area contributed by atoms with E-state index in [9.17, 15) is 0 Å². The van der Waals surface area contributed by atoms with Gasteiger partial charge in [-0.3, -0.25) is 4.90 Å². The second-order valence-electron chi connectivity index (χ2n) is 6.18. The van der Waals surface area contributed by atoms with Gasteiger partial charge in [-0.2, -0.15) is 0 Å². The Bertz CT molecular complexity index is 220. The van der Waals surface area contributed by atoms with E-state index < -0.39 is 0 Å². The number of piperidine rings is 2. The van der Waals surface area contributed by atoms with Gasteiger partial charge in [-0.25, -0.2) is 0 Å². The van der Waals surface area contributed by atoms with E-state index in [1.165, 1.54) is 58.3 Å². The van der Waals surface area contributed by atoms with E-state index in [1.807, 2.05) is 0 Å². The number of hydrogen-bond donors (Lipinski definition) is 1. The maximum absolute atomic E-state index is 3.38. The van der Waals surface area contributed by atoms with Crippen molar-refractivity contribution in [2.24, 2.45) is 0 Å². The van der Waals surface area contributed by atoms with Gasteiger partial charge in [0, 0.05) is 18.1 Å². The van der Waals surface area contributed by atoms with Crippen molar-refractivity contribution in [2.75, 3.05) is 33.2 Å². The molecule has 3 nitrogen and oxygen atoms in total. The molecule has 2 fully saturated rings. The van der Waals surface area contributed by atoms with Crippen molar-refractivity contribution < 1.29 is 0 Å². The fourth-order valence-corrected chi connectivity index (χ4v) is 3.50. The fraction of sp³-hybridized carbons (Fsp3) is 1.00. The van der Waals surface area contributed by atoms with Gasteiger partial charge in [0.15, 0.2) is 0 Å². The van der Waals surface area contributed by atoms with E-state index in [4.69, 9.17) is 0 Å². The average molecular weight is 253 g/mol. The first-order valence-electron chi connectivity index (χ1n) is 7.87. The van der Waals surface area contributed by atoms with Crippen LogP contribution in [0.25, 0.3) is 0 Å². The van der Waals surface area contributed by atoms with Crippen LogP contribution in [-0.2, 0) is 0 Å². The van der Waals surface area contributed by atoms with Crippen LogP contribution < -0.4 is 5.32 Å². The summed E-state index contributed by atoms with van der Waals surface area (Å²) in [5, 5.41) is 3.38. The summed E-state index contributed by atoms with van der Waals surface area (Å²) in [5.74, 6) is 0. The van der Waals surface area contributed by atoms with E-state index >= 15 is 0 Å². The molecule has 0 aliphatic carbocycles. The normalized spacial score (nSPS) is 28.2. The molecule has 2 heterocycles. The number of rotatable bonds is 4.